The van der Waals surface area contributed by atoms with E-state index in [1.54, 1.807) is 18.9 Å². The summed E-state index contributed by atoms with van der Waals surface area (Å²) in [6.45, 7) is 2.42. The molecule has 0 radical (unpaired) electrons. The van der Waals surface area contributed by atoms with E-state index in [0.29, 0.717) is 23.7 Å². The van der Waals surface area contributed by atoms with E-state index in [4.69, 9.17) is 20.9 Å². The van der Waals surface area contributed by atoms with E-state index >= 15 is 0 Å². The molecule has 1 aliphatic heterocycles. The zero-order valence-corrected chi connectivity index (χ0v) is 9.56. The molecule has 0 bridgehead atoms. The van der Waals surface area contributed by atoms with Gasteiger partial charge < -0.3 is 20.9 Å². The first kappa shape index (κ1) is 10.4. The molecule has 0 aliphatic carbocycles. The Hall–Kier alpha value is -1.07. The highest BCUT2D eigenvalue weighted by Crippen LogP contribution is 2.45. The van der Waals surface area contributed by atoms with Gasteiger partial charge in [0.25, 0.3) is 0 Å². The molecule has 1 heterocycles. The van der Waals surface area contributed by atoms with Crippen molar-refractivity contribution < 1.29 is 9.47 Å². The molecule has 4 N–H and O–H groups in total. The highest BCUT2D eigenvalue weighted by Gasteiger charge is 2.25. The fourth-order valence-corrected chi connectivity index (χ4v) is 2.47. The third kappa shape index (κ3) is 1.72. The van der Waals surface area contributed by atoms with E-state index in [9.17, 15) is 0 Å². The smallest absolute Gasteiger partial charge is 0.158 e. The highest BCUT2D eigenvalue weighted by molar-refractivity contribution is 8.00. The maximum atomic E-state index is 5.92. The monoisotopic (exact) mass is 226 g/mol. The van der Waals surface area contributed by atoms with Crippen LogP contribution in [0.4, 0.5) is 11.4 Å². The van der Waals surface area contributed by atoms with Gasteiger partial charge in [-0.25, -0.2) is 0 Å². The molecular formula is C10H14N2O2S. The Bertz CT molecular complexity index is 395. The van der Waals surface area contributed by atoms with E-state index in [-0.39, 0.29) is 5.44 Å². The number of nitrogens with two attached hydrogens (primary N) is 2. The van der Waals surface area contributed by atoms with E-state index in [1.807, 2.05) is 13.0 Å². The van der Waals surface area contributed by atoms with Crippen LogP contribution in [0.1, 0.15) is 5.56 Å². The minimum absolute atomic E-state index is 0.0121. The largest absolute Gasteiger partial charge is 0.487 e. The minimum atomic E-state index is -0.0121. The van der Waals surface area contributed by atoms with Crippen LogP contribution < -0.4 is 16.2 Å². The minimum Gasteiger partial charge on any atom is -0.487 e. The summed E-state index contributed by atoms with van der Waals surface area (Å²) in [6.07, 6.45) is 0. The summed E-state index contributed by atoms with van der Waals surface area (Å²) in [4.78, 5) is 0.885. The summed E-state index contributed by atoms with van der Waals surface area (Å²) in [5, 5.41) is 0. The maximum absolute atomic E-state index is 5.92. The van der Waals surface area contributed by atoms with Crippen LogP contribution in [0.25, 0.3) is 0 Å². The quantitative estimate of drug-likeness (QED) is 0.712. The predicted molar refractivity (Wildman–Crippen MR) is 62.2 cm³/mol. The van der Waals surface area contributed by atoms with Crippen LogP contribution in [-0.4, -0.2) is 19.2 Å². The number of aryl methyl sites for hydroxylation is 1. The van der Waals surface area contributed by atoms with Crippen LogP contribution in [0.3, 0.4) is 0 Å². The van der Waals surface area contributed by atoms with Gasteiger partial charge in [0.05, 0.1) is 10.6 Å². The van der Waals surface area contributed by atoms with Crippen LogP contribution >= 0.6 is 11.8 Å². The molecule has 0 aromatic heterocycles. The summed E-state index contributed by atoms with van der Waals surface area (Å²) >= 11 is 1.55. The summed E-state index contributed by atoms with van der Waals surface area (Å²) < 4.78 is 10.8. The summed E-state index contributed by atoms with van der Waals surface area (Å²) in [5.74, 6) is 0.700. The molecule has 0 spiro atoms. The van der Waals surface area contributed by atoms with Gasteiger partial charge in [0.15, 0.2) is 5.75 Å². The van der Waals surface area contributed by atoms with Gasteiger partial charge in [0, 0.05) is 12.8 Å². The fraction of sp³-hybridized carbons (Fsp3) is 0.400. The number of rotatable bonds is 1. The number of methoxy groups -OCH3 is 1. The van der Waals surface area contributed by atoms with Gasteiger partial charge in [0.1, 0.15) is 12.0 Å². The topological polar surface area (TPSA) is 70.5 Å². The predicted octanol–water partition coefficient (Wildman–Crippen LogP) is 1.62. The normalized spacial score (nSPS) is 19.5. The second-order valence-electron chi connectivity index (χ2n) is 3.45. The Morgan fingerprint density at radius 3 is 2.93 bits per heavy atom. The van der Waals surface area contributed by atoms with Gasteiger partial charge in [-0.15, -0.1) is 0 Å². The number of fused-ring (bicyclic) bond motifs is 1. The highest BCUT2D eigenvalue weighted by atomic mass is 32.2. The third-order valence-electron chi connectivity index (χ3n) is 2.39. The van der Waals surface area contributed by atoms with Crippen molar-refractivity contribution in [1.82, 2.24) is 0 Å². The Kier molecular flexibility index (Phi) is 2.67. The molecule has 1 atom stereocenters. The number of anilines is 2. The average Bonchev–Trinajstić information content (AvgIpc) is 2.25. The molecule has 15 heavy (non-hydrogen) atoms. The molecule has 4 nitrogen and oxygen atoms in total. The Morgan fingerprint density at radius 2 is 2.27 bits per heavy atom. The van der Waals surface area contributed by atoms with Gasteiger partial charge >= 0.3 is 0 Å². The fourth-order valence-electron chi connectivity index (χ4n) is 1.51. The molecule has 1 aliphatic rings. The summed E-state index contributed by atoms with van der Waals surface area (Å²) in [7, 11) is 1.65. The number of ether oxygens (including phenoxy) is 2. The van der Waals surface area contributed by atoms with Gasteiger partial charge in [0.2, 0.25) is 0 Å². The summed E-state index contributed by atoms with van der Waals surface area (Å²) in [5.41, 5.74) is 14.1. The van der Waals surface area contributed by atoms with Gasteiger partial charge in [-0.3, -0.25) is 0 Å². The van der Waals surface area contributed by atoms with Crippen LogP contribution in [0, 0.1) is 6.92 Å². The van der Waals surface area contributed by atoms with Crippen molar-refractivity contribution >= 4 is 23.1 Å². The average molecular weight is 226 g/mol. The number of thioether (sulfide) groups is 1. The van der Waals surface area contributed by atoms with Gasteiger partial charge in [-0.1, -0.05) is 11.8 Å². The molecule has 5 heteroatoms. The van der Waals surface area contributed by atoms with Crippen LogP contribution in [0.2, 0.25) is 0 Å². The van der Waals surface area contributed by atoms with Crippen molar-refractivity contribution in [3.63, 3.8) is 0 Å². The number of nitrogen functional groups attached to an aromatic ring is 2. The Balaban J connectivity index is 2.47. The molecule has 2 rings (SSSR count). The van der Waals surface area contributed by atoms with E-state index in [2.05, 4.69) is 0 Å². The van der Waals surface area contributed by atoms with Crippen LogP contribution in [-0.2, 0) is 4.74 Å². The van der Waals surface area contributed by atoms with Crippen LogP contribution in [0.5, 0.6) is 5.75 Å². The number of benzene rings is 1. The second kappa shape index (κ2) is 3.83. The van der Waals surface area contributed by atoms with E-state index < -0.39 is 0 Å². The summed E-state index contributed by atoms with van der Waals surface area (Å²) in [6, 6.07) is 1.86. The van der Waals surface area contributed by atoms with Crippen molar-refractivity contribution in [2.24, 2.45) is 0 Å². The zero-order valence-electron chi connectivity index (χ0n) is 8.74. The van der Waals surface area contributed by atoms with Gasteiger partial charge in [-0.2, -0.15) is 0 Å². The first-order valence-electron chi connectivity index (χ1n) is 4.64. The molecule has 82 valence electrons. The van der Waals surface area contributed by atoms with Crippen molar-refractivity contribution in [3.05, 3.63) is 11.6 Å². The molecule has 1 unspecified atom stereocenters. The maximum Gasteiger partial charge on any atom is 0.158 e. The number of hydrogen-bond acceptors (Lipinski definition) is 5. The van der Waals surface area contributed by atoms with Crippen LogP contribution in [0.15, 0.2) is 11.0 Å². The molecule has 1 aromatic carbocycles. The van der Waals surface area contributed by atoms with E-state index in [1.165, 1.54) is 0 Å². The molecule has 0 amide bonds. The molecule has 1 aromatic rings. The van der Waals surface area contributed by atoms with E-state index in [0.717, 1.165) is 10.5 Å². The lowest BCUT2D eigenvalue weighted by molar-refractivity contribution is 0.114. The number of hydrogen-bond donors (Lipinski definition) is 2. The lowest BCUT2D eigenvalue weighted by atomic mass is 10.1. The molecule has 0 saturated heterocycles. The lowest BCUT2D eigenvalue weighted by Crippen LogP contribution is -2.22. The van der Waals surface area contributed by atoms with Crippen molar-refractivity contribution in [2.45, 2.75) is 17.3 Å². The lowest BCUT2D eigenvalue weighted by Gasteiger charge is -2.26. The second-order valence-corrected chi connectivity index (χ2v) is 4.62. The molecule has 0 fully saturated rings. The van der Waals surface area contributed by atoms with Crippen molar-refractivity contribution in [2.75, 3.05) is 25.2 Å². The standard InChI is InChI=1S/C10H14N2O2S/c1-5-3-6(11)10-9(8(5)12)14-4-7(13-2)15-10/h3,7H,4,11-12H2,1-2H3. The Labute approximate surface area is 92.9 Å². The molecular weight excluding hydrogens is 212 g/mol. The Morgan fingerprint density at radius 1 is 1.53 bits per heavy atom. The van der Waals surface area contributed by atoms with Crippen molar-refractivity contribution in [3.8, 4) is 5.75 Å². The first-order valence-corrected chi connectivity index (χ1v) is 5.52. The first-order chi connectivity index (χ1) is 7.13. The SMILES string of the molecule is COC1COc2c(N)c(C)cc(N)c2S1. The third-order valence-corrected chi connectivity index (χ3v) is 3.63. The molecule has 0 saturated carbocycles. The zero-order chi connectivity index (χ0) is 11.0. The van der Waals surface area contributed by atoms with Crippen molar-refractivity contribution in [1.29, 1.82) is 0 Å². The van der Waals surface area contributed by atoms with Gasteiger partial charge in [-0.05, 0) is 18.6 Å².